The van der Waals surface area contributed by atoms with Gasteiger partial charge in [0.15, 0.2) is 11.5 Å². The van der Waals surface area contributed by atoms with Crippen LogP contribution in [0.3, 0.4) is 0 Å². The highest BCUT2D eigenvalue weighted by atomic mass is 32.1. The Labute approximate surface area is 169 Å². The lowest BCUT2D eigenvalue weighted by atomic mass is 10.1. The SMILES string of the molecule is COc1cc(C(=O)NNC(=O)c2cc3c(s2)CCCCC3)ccc1OC(C)C. The molecule has 2 N–H and O–H groups in total. The Morgan fingerprint density at radius 1 is 1.00 bits per heavy atom. The van der Waals surface area contributed by atoms with Crippen molar-refractivity contribution in [1.82, 2.24) is 10.9 Å². The van der Waals surface area contributed by atoms with Gasteiger partial charge in [-0.3, -0.25) is 20.4 Å². The molecule has 3 rings (SSSR count). The predicted octanol–water partition coefficient (Wildman–Crippen LogP) is 3.89. The normalized spacial score (nSPS) is 13.4. The highest BCUT2D eigenvalue weighted by molar-refractivity contribution is 7.14. The molecule has 1 aromatic heterocycles. The lowest BCUT2D eigenvalue weighted by Gasteiger charge is -2.14. The monoisotopic (exact) mass is 402 g/mol. The molecule has 0 saturated carbocycles. The van der Waals surface area contributed by atoms with Crippen LogP contribution < -0.4 is 20.3 Å². The van der Waals surface area contributed by atoms with Gasteiger partial charge in [0.05, 0.1) is 18.1 Å². The van der Waals surface area contributed by atoms with Crippen molar-refractivity contribution in [1.29, 1.82) is 0 Å². The molecule has 0 bridgehead atoms. The first kappa shape index (κ1) is 20.2. The Bertz CT molecular complexity index is 837. The lowest BCUT2D eigenvalue weighted by molar-refractivity contribution is 0.0848. The highest BCUT2D eigenvalue weighted by Crippen LogP contribution is 2.30. The predicted molar refractivity (Wildman–Crippen MR) is 109 cm³/mol. The van der Waals surface area contributed by atoms with Gasteiger partial charge in [0.2, 0.25) is 0 Å². The van der Waals surface area contributed by atoms with Crippen molar-refractivity contribution in [2.45, 2.75) is 52.1 Å². The number of amides is 2. The summed E-state index contributed by atoms with van der Waals surface area (Å²) in [6.45, 7) is 3.83. The van der Waals surface area contributed by atoms with E-state index in [1.807, 2.05) is 19.9 Å². The maximum absolute atomic E-state index is 12.4. The van der Waals surface area contributed by atoms with Crippen molar-refractivity contribution in [2.75, 3.05) is 7.11 Å². The summed E-state index contributed by atoms with van der Waals surface area (Å²) in [6.07, 6.45) is 5.63. The molecule has 6 nitrogen and oxygen atoms in total. The van der Waals surface area contributed by atoms with Crippen molar-refractivity contribution in [2.24, 2.45) is 0 Å². The number of carbonyl (C=O) groups is 2. The smallest absolute Gasteiger partial charge is 0.279 e. The molecule has 2 amide bonds. The number of hydrazine groups is 1. The van der Waals surface area contributed by atoms with Crippen LogP contribution in [0.15, 0.2) is 24.3 Å². The van der Waals surface area contributed by atoms with E-state index in [2.05, 4.69) is 10.9 Å². The van der Waals surface area contributed by atoms with Crippen LogP contribution in [0.4, 0.5) is 0 Å². The molecule has 0 radical (unpaired) electrons. The summed E-state index contributed by atoms with van der Waals surface area (Å²) >= 11 is 1.52. The zero-order valence-corrected chi connectivity index (χ0v) is 17.3. The second-order valence-corrected chi connectivity index (χ2v) is 8.20. The minimum absolute atomic E-state index is 0.00576. The maximum Gasteiger partial charge on any atom is 0.279 e. The number of hydrogen-bond donors (Lipinski definition) is 2. The molecule has 1 aliphatic rings. The van der Waals surface area contributed by atoms with Gasteiger partial charge in [0, 0.05) is 10.4 Å². The molecule has 0 aliphatic heterocycles. The Morgan fingerprint density at radius 2 is 1.75 bits per heavy atom. The number of rotatable bonds is 5. The summed E-state index contributed by atoms with van der Waals surface area (Å²) in [4.78, 5) is 26.7. The third-order valence-corrected chi connectivity index (χ3v) is 5.78. The van der Waals surface area contributed by atoms with E-state index in [0.29, 0.717) is 21.9 Å². The van der Waals surface area contributed by atoms with E-state index >= 15 is 0 Å². The molecular formula is C21H26N2O4S. The van der Waals surface area contributed by atoms with Crippen molar-refractivity contribution in [3.8, 4) is 11.5 Å². The van der Waals surface area contributed by atoms with E-state index < -0.39 is 5.91 Å². The summed E-state index contributed by atoms with van der Waals surface area (Å²) in [6, 6.07) is 6.86. The van der Waals surface area contributed by atoms with E-state index in [4.69, 9.17) is 9.47 Å². The zero-order chi connectivity index (χ0) is 20.1. The molecule has 0 saturated heterocycles. The molecule has 1 aromatic carbocycles. The standard InChI is InChI=1S/C21H26N2O4S/c1-13(2)27-16-10-9-15(11-17(16)26-3)20(24)22-23-21(25)19-12-14-7-5-4-6-8-18(14)28-19/h9-13H,4-8H2,1-3H3,(H,22,24)(H,23,25). The second kappa shape index (κ2) is 9.10. The van der Waals surface area contributed by atoms with Crippen molar-refractivity contribution in [3.05, 3.63) is 45.1 Å². The minimum atomic E-state index is -0.416. The van der Waals surface area contributed by atoms with Gasteiger partial charge in [-0.2, -0.15) is 0 Å². The van der Waals surface area contributed by atoms with Crippen LogP contribution in [0.5, 0.6) is 11.5 Å². The third-order valence-electron chi connectivity index (χ3n) is 4.55. The van der Waals surface area contributed by atoms with Gasteiger partial charge in [-0.1, -0.05) is 6.42 Å². The minimum Gasteiger partial charge on any atom is -0.493 e. The number of ether oxygens (including phenoxy) is 2. The Balaban J connectivity index is 1.63. The average molecular weight is 403 g/mol. The zero-order valence-electron chi connectivity index (χ0n) is 16.5. The number of carbonyl (C=O) groups excluding carboxylic acids is 2. The van der Waals surface area contributed by atoms with Gasteiger partial charge in [0.25, 0.3) is 11.8 Å². The van der Waals surface area contributed by atoms with E-state index in [0.717, 1.165) is 12.8 Å². The van der Waals surface area contributed by atoms with Crippen LogP contribution in [-0.4, -0.2) is 25.0 Å². The molecule has 2 aromatic rings. The van der Waals surface area contributed by atoms with Crippen LogP contribution in [0.1, 0.15) is 63.6 Å². The molecule has 0 unspecified atom stereocenters. The highest BCUT2D eigenvalue weighted by Gasteiger charge is 2.18. The fraction of sp³-hybridized carbons (Fsp3) is 0.429. The van der Waals surface area contributed by atoms with Crippen molar-refractivity contribution < 1.29 is 19.1 Å². The summed E-state index contributed by atoms with van der Waals surface area (Å²) in [7, 11) is 1.52. The first-order chi connectivity index (χ1) is 13.5. The number of benzene rings is 1. The largest absolute Gasteiger partial charge is 0.493 e. The van der Waals surface area contributed by atoms with E-state index in [-0.39, 0.29) is 12.0 Å². The molecule has 0 atom stereocenters. The van der Waals surface area contributed by atoms with Crippen LogP contribution in [-0.2, 0) is 12.8 Å². The number of aryl methyl sites for hydroxylation is 2. The molecule has 7 heteroatoms. The van der Waals surface area contributed by atoms with Gasteiger partial charge in [-0.25, -0.2) is 0 Å². The third kappa shape index (κ3) is 4.84. The fourth-order valence-electron chi connectivity index (χ4n) is 3.19. The van der Waals surface area contributed by atoms with E-state index in [9.17, 15) is 9.59 Å². The van der Waals surface area contributed by atoms with Crippen LogP contribution in [0, 0.1) is 0 Å². The molecule has 150 valence electrons. The molecule has 1 heterocycles. The molecular weight excluding hydrogens is 376 g/mol. The number of thiophene rings is 1. The first-order valence-electron chi connectivity index (χ1n) is 9.55. The van der Waals surface area contributed by atoms with Crippen LogP contribution >= 0.6 is 11.3 Å². The molecule has 0 fully saturated rings. The Hall–Kier alpha value is -2.54. The van der Waals surface area contributed by atoms with Gasteiger partial charge in [-0.05, 0) is 69.4 Å². The maximum atomic E-state index is 12.4. The summed E-state index contributed by atoms with van der Waals surface area (Å²) in [5.74, 6) is 0.326. The van der Waals surface area contributed by atoms with Crippen molar-refractivity contribution in [3.63, 3.8) is 0 Å². The summed E-state index contributed by atoms with van der Waals surface area (Å²) in [5, 5.41) is 0. The second-order valence-electron chi connectivity index (χ2n) is 7.06. The van der Waals surface area contributed by atoms with Crippen LogP contribution in [0.2, 0.25) is 0 Å². The molecule has 28 heavy (non-hydrogen) atoms. The van der Waals surface area contributed by atoms with Crippen molar-refractivity contribution >= 4 is 23.2 Å². The van der Waals surface area contributed by atoms with Gasteiger partial charge in [0.1, 0.15) is 0 Å². The fourth-order valence-corrected chi connectivity index (χ4v) is 4.34. The number of fused-ring (bicyclic) bond motifs is 1. The van der Waals surface area contributed by atoms with E-state index in [1.54, 1.807) is 18.2 Å². The van der Waals surface area contributed by atoms with Gasteiger partial charge in [-0.15, -0.1) is 11.3 Å². The lowest BCUT2D eigenvalue weighted by Crippen LogP contribution is -2.41. The molecule has 1 aliphatic carbocycles. The quantitative estimate of drug-likeness (QED) is 0.588. The number of hydrogen-bond acceptors (Lipinski definition) is 5. The topological polar surface area (TPSA) is 76.7 Å². The summed E-state index contributed by atoms with van der Waals surface area (Å²) in [5.41, 5.74) is 6.62. The van der Waals surface area contributed by atoms with Crippen LogP contribution in [0.25, 0.3) is 0 Å². The van der Waals surface area contributed by atoms with Gasteiger partial charge < -0.3 is 9.47 Å². The van der Waals surface area contributed by atoms with Gasteiger partial charge >= 0.3 is 0 Å². The summed E-state index contributed by atoms with van der Waals surface area (Å²) < 4.78 is 10.9. The molecule has 0 spiro atoms. The first-order valence-corrected chi connectivity index (χ1v) is 10.4. The number of nitrogens with one attached hydrogen (secondary N) is 2. The number of methoxy groups -OCH3 is 1. The van der Waals surface area contributed by atoms with E-state index in [1.165, 1.54) is 48.1 Å². The Kier molecular flexibility index (Phi) is 6.57. The average Bonchev–Trinajstić information content (AvgIpc) is 2.96. The Morgan fingerprint density at radius 3 is 2.50 bits per heavy atom.